The summed E-state index contributed by atoms with van der Waals surface area (Å²) in [4.78, 5) is 13.3. The van der Waals surface area contributed by atoms with Crippen LogP contribution < -0.4 is 10.2 Å². The van der Waals surface area contributed by atoms with Gasteiger partial charge >= 0.3 is 0 Å². The van der Waals surface area contributed by atoms with Gasteiger partial charge < -0.3 is 4.74 Å². The SMILES string of the molecule is CCSc1ccc(Cl)cc1CC(=O)N/N=C\c1ccccc1OCC(C)C. The van der Waals surface area contributed by atoms with Crippen molar-refractivity contribution in [3.8, 4) is 5.75 Å². The van der Waals surface area contributed by atoms with Crippen LogP contribution in [0.5, 0.6) is 5.75 Å². The second-order valence-electron chi connectivity index (χ2n) is 6.40. The van der Waals surface area contributed by atoms with Gasteiger partial charge in [-0.15, -0.1) is 11.8 Å². The molecule has 6 heteroatoms. The van der Waals surface area contributed by atoms with Crippen molar-refractivity contribution in [2.45, 2.75) is 32.1 Å². The standard InChI is InChI=1S/C21H25ClN2O2S/c1-4-27-20-10-9-18(22)11-17(20)12-21(25)24-23-13-16-7-5-6-8-19(16)26-14-15(2)3/h5-11,13,15H,4,12,14H2,1-3H3,(H,24,25)/b23-13-. The average Bonchev–Trinajstić information content (AvgIpc) is 2.63. The van der Waals surface area contributed by atoms with E-state index in [0.29, 0.717) is 17.5 Å². The molecule has 27 heavy (non-hydrogen) atoms. The number of carbonyl (C=O) groups excluding carboxylic acids is 1. The number of nitrogens with zero attached hydrogens (tertiary/aromatic N) is 1. The van der Waals surface area contributed by atoms with Crippen LogP contribution in [0.1, 0.15) is 31.9 Å². The van der Waals surface area contributed by atoms with Crippen molar-refractivity contribution in [3.63, 3.8) is 0 Å². The van der Waals surface area contributed by atoms with Crippen molar-refractivity contribution < 1.29 is 9.53 Å². The van der Waals surface area contributed by atoms with E-state index in [1.807, 2.05) is 42.5 Å². The van der Waals surface area contributed by atoms with Gasteiger partial charge in [-0.25, -0.2) is 5.43 Å². The highest BCUT2D eigenvalue weighted by Crippen LogP contribution is 2.26. The first-order valence-electron chi connectivity index (χ1n) is 8.94. The van der Waals surface area contributed by atoms with E-state index in [2.05, 4.69) is 31.3 Å². The number of ether oxygens (including phenoxy) is 1. The maximum Gasteiger partial charge on any atom is 0.244 e. The highest BCUT2D eigenvalue weighted by molar-refractivity contribution is 7.99. The van der Waals surface area contributed by atoms with Gasteiger partial charge in [0.15, 0.2) is 0 Å². The van der Waals surface area contributed by atoms with Crippen LogP contribution in [0, 0.1) is 5.92 Å². The molecule has 0 heterocycles. The first-order chi connectivity index (χ1) is 13.0. The molecule has 0 atom stereocenters. The van der Waals surface area contributed by atoms with Gasteiger partial charge in [-0.1, -0.05) is 44.5 Å². The number of nitrogens with one attached hydrogen (secondary N) is 1. The molecule has 0 fully saturated rings. The van der Waals surface area contributed by atoms with Crippen molar-refractivity contribution in [1.29, 1.82) is 0 Å². The van der Waals surface area contributed by atoms with Gasteiger partial charge in [0.1, 0.15) is 5.75 Å². The van der Waals surface area contributed by atoms with Crippen molar-refractivity contribution in [3.05, 3.63) is 58.6 Å². The van der Waals surface area contributed by atoms with E-state index in [1.54, 1.807) is 18.0 Å². The molecule has 1 N–H and O–H groups in total. The fourth-order valence-corrected chi connectivity index (χ4v) is 3.33. The van der Waals surface area contributed by atoms with Crippen LogP contribution in [0.4, 0.5) is 0 Å². The zero-order valence-electron chi connectivity index (χ0n) is 15.9. The predicted octanol–water partition coefficient (Wildman–Crippen LogP) is 5.18. The van der Waals surface area contributed by atoms with Crippen LogP contribution in [0.2, 0.25) is 5.02 Å². The molecule has 0 aliphatic carbocycles. The van der Waals surface area contributed by atoms with Gasteiger partial charge in [0.2, 0.25) is 5.91 Å². The van der Waals surface area contributed by atoms with E-state index in [0.717, 1.165) is 27.5 Å². The van der Waals surface area contributed by atoms with Crippen LogP contribution in [-0.4, -0.2) is 24.5 Å². The maximum atomic E-state index is 12.3. The smallest absolute Gasteiger partial charge is 0.244 e. The second-order valence-corrected chi connectivity index (χ2v) is 8.14. The molecule has 4 nitrogen and oxygen atoms in total. The topological polar surface area (TPSA) is 50.7 Å². The molecular formula is C21H25ClN2O2S. The van der Waals surface area contributed by atoms with Crippen molar-refractivity contribution in [2.24, 2.45) is 11.0 Å². The molecule has 0 saturated heterocycles. The lowest BCUT2D eigenvalue weighted by molar-refractivity contribution is -0.120. The number of carbonyl (C=O) groups is 1. The Labute approximate surface area is 170 Å². The van der Waals surface area contributed by atoms with Gasteiger partial charge in [0, 0.05) is 15.5 Å². The zero-order valence-corrected chi connectivity index (χ0v) is 17.4. The first kappa shape index (κ1) is 21.3. The van der Waals surface area contributed by atoms with E-state index in [1.165, 1.54) is 0 Å². The predicted molar refractivity (Wildman–Crippen MR) is 114 cm³/mol. The van der Waals surface area contributed by atoms with Gasteiger partial charge in [0.25, 0.3) is 0 Å². The van der Waals surface area contributed by atoms with E-state index in [-0.39, 0.29) is 12.3 Å². The van der Waals surface area contributed by atoms with Crippen LogP contribution in [0.3, 0.4) is 0 Å². The summed E-state index contributed by atoms with van der Waals surface area (Å²) in [6, 6.07) is 13.2. The van der Waals surface area contributed by atoms with Gasteiger partial charge in [-0.05, 0) is 47.6 Å². The maximum absolute atomic E-state index is 12.3. The number of rotatable bonds is 9. The molecule has 2 aromatic carbocycles. The monoisotopic (exact) mass is 404 g/mol. The average molecular weight is 405 g/mol. The third-order valence-electron chi connectivity index (χ3n) is 3.56. The van der Waals surface area contributed by atoms with E-state index >= 15 is 0 Å². The molecule has 0 unspecified atom stereocenters. The van der Waals surface area contributed by atoms with E-state index < -0.39 is 0 Å². The van der Waals surface area contributed by atoms with Gasteiger partial charge in [0.05, 0.1) is 19.2 Å². The lowest BCUT2D eigenvalue weighted by Crippen LogP contribution is -2.20. The minimum absolute atomic E-state index is 0.188. The summed E-state index contributed by atoms with van der Waals surface area (Å²) in [5.41, 5.74) is 4.31. The molecular weight excluding hydrogens is 380 g/mol. The largest absolute Gasteiger partial charge is 0.493 e. The number of amides is 1. The molecule has 144 valence electrons. The van der Waals surface area contributed by atoms with Crippen molar-refractivity contribution in [1.82, 2.24) is 5.43 Å². The van der Waals surface area contributed by atoms with Gasteiger partial charge in [-0.3, -0.25) is 4.79 Å². The normalized spacial score (nSPS) is 11.1. The molecule has 2 aromatic rings. The Morgan fingerprint density at radius 3 is 2.81 bits per heavy atom. The van der Waals surface area contributed by atoms with Crippen LogP contribution in [-0.2, 0) is 11.2 Å². The number of hydrogen-bond acceptors (Lipinski definition) is 4. The Hall–Kier alpha value is -1.98. The summed E-state index contributed by atoms with van der Waals surface area (Å²) in [7, 11) is 0. The Morgan fingerprint density at radius 1 is 1.30 bits per heavy atom. The fourth-order valence-electron chi connectivity index (χ4n) is 2.34. The zero-order chi connectivity index (χ0) is 19.6. The molecule has 0 bridgehead atoms. The lowest BCUT2D eigenvalue weighted by Gasteiger charge is -2.11. The van der Waals surface area contributed by atoms with Crippen LogP contribution in [0.15, 0.2) is 52.5 Å². The highest BCUT2D eigenvalue weighted by Gasteiger charge is 2.09. The number of hydrazone groups is 1. The summed E-state index contributed by atoms with van der Waals surface area (Å²) < 4.78 is 5.79. The molecule has 0 aliphatic rings. The highest BCUT2D eigenvalue weighted by atomic mass is 35.5. The Morgan fingerprint density at radius 2 is 2.07 bits per heavy atom. The first-order valence-corrected chi connectivity index (χ1v) is 10.3. The Kier molecular flexibility index (Phi) is 8.69. The minimum atomic E-state index is -0.188. The number of para-hydroxylation sites is 1. The van der Waals surface area contributed by atoms with E-state index in [4.69, 9.17) is 16.3 Å². The number of hydrogen-bond donors (Lipinski definition) is 1. The summed E-state index contributed by atoms with van der Waals surface area (Å²) >= 11 is 7.76. The molecule has 0 aromatic heterocycles. The molecule has 0 saturated carbocycles. The van der Waals surface area contributed by atoms with E-state index in [9.17, 15) is 4.79 Å². The quantitative estimate of drug-likeness (QED) is 0.356. The lowest BCUT2D eigenvalue weighted by atomic mass is 10.1. The third-order valence-corrected chi connectivity index (χ3v) is 4.79. The molecule has 0 aliphatic heterocycles. The molecule has 2 rings (SSSR count). The molecule has 0 spiro atoms. The Balaban J connectivity index is 1.99. The van der Waals surface area contributed by atoms with Crippen molar-refractivity contribution >= 4 is 35.5 Å². The summed E-state index contributed by atoms with van der Waals surface area (Å²) in [5.74, 6) is 1.93. The van der Waals surface area contributed by atoms with Crippen LogP contribution in [0.25, 0.3) is 0 Å². The number of benzene rings is 2. The summed E-state index contributed by atoms with van der Waals surface area (Å²) in [5, 5.41) is 4.70. The summed E-state index contributed by atoms with van der Waals surface area (Å²) in [6.45, 7) is 6.89. The fraction of sp³-hybridized carbons (Fsp3) is 0.333. The summed E-state index contributed by atoms with van der Waals surface area (Å²) in [6.07, 6.45) is 1.83. The Bertz CT molecular complexity index is 794. The number of thioether (sulfide) groups is 1. The number of halogens is 1. The van der Waals surface area contributed by atoms with Crippen molar-refractivity contribution in [2.75, 3.05) is 12.4 Å². The van der Waals surface area contributed by atoms with Gasteiger partial charge in [-0.2, -0.15) is 5.10 Å². The second kappa shape index (κ2) is 11.0. The minimum Gasteiger partial charge on any atom is -0.493 e. The van der Waals surface area contributed by atoms with Crippen LogP contribution >= 0.6 is 23.4 Å². The third kappa shape index (κ3) is 7.27. The molecule has 1 amide bonds. The molecule has 0 radical (unpaired) electrons.